The van der Waals surface area contributed by atoms with Crippen molar-refractivity contribution in [2.75, 3.05) is 14.1 Å². The van der Waals surface area contributed by atoms with Crippen LogP contribution in [-0.4, -0.2) is 30.7 Å². The Kier molecular flexibility index (Phi) is 2.52. The van der Waals surface area contributed by atoms with Crippen LogP contribution in [0.3, 0.4) is 0 Å². The summed E-state index contributed by atoms with van der Waals surface area (Å²) < 4.78 is 0. The first-order chi connectivity index (χ1) is 5.04. The fraction of sp³-hybridized carbons (Fsp3) is 1.00. The normalized spacial score (nSPS) is 30.8. The molecule has 0 radical (unpaired) electrons. The molecule has 0 heterocycles. The summed E-state index contributed by atoms with van der Waals surface area (Å²) in [5.74, 6) is 0. The highest BCUT2D eigenvalue weighted by molar-refractivity contribution is 4.93. The van der Waals surface area contributed by atoms with Crippen molar-refractivity contribution in [3.8, 4) is 0 Å². The SMILES string of the molecule is CN(C)C1CCCCC1(N)N. The van der Waals surface area contributed by atoms with Crippen molar-refractivity contribution in [2.24, 2.45) is 11.5 Å². The highest BCUT2D eigenvalue weighted by atomic mass is 15.2. The fourth-order valence-corrected chi connectivity index (χ4v) is 1.94. The van der Waals surface area contributed by atoms with Crippen LogP contribution in [0.15, 0.2) is 0 Å². The summed E-state index contributed by atoms with van der Waals surface area (Å²) in [7, 11) is 4.09. The van der Waals surface area contributed by atoms with Crippen LogP contribution in [0.2, 0.25) is 0 Å². The smallest absolute Gasteiger partial charge is 0.0796 e. The highest BCUT2D eigenvalue weighted by Gasteiger charge is 2.34. The van der Waals surface area contributed by atoms with Gasteiger partial charge in [-0.3, -0.25) is 0 Å². The predicted octanol–water partition coefficient (Wildman–Crippen LogP) is 0.104. The van der Waals surface area contributed by atoms with Crippen LogP contribution in [0.1, 0.15) is 25.7 Å². The van der Waals surface area contributed by atoms with Crippen LogP contribution in [0.25, 0.3) is 0 Å². The van der Waals surface area contributed by atoms with Crippen LogP contribution < -0.4 is 11.5 Å². The predicted molar refractivity (Wildman–Crippen MR) is 47.0 cm³/mol. The molecule has 0 bridgehead atoms. The average Bonchev–Trinajstić information content (AvgIpc) is 1.85. The van der Waals surface area contributed by atoms with Gasteiger partial charge in [-0.1, -0.05) is 12.8 Å². The maximum absolute atomic E-state index is 5.96. The van der Waals surface area contributed by atoms with Crippen molar-refractivity contribution in [3.63, 3.8) is 0 Å². The Morgan fingerprint density at radius 1 is 1.27 bits per heavy atom. The van der Waals surface area contributed by atoms with Gasteiger partial charge in [0.2, 0.25) is 0 Å². The van der Waals surface area contributed by atoms with Gasteiger partial charge in [0.15, 0.2) is 0 Å². The molecule has 0 aromatic carbocycles. The molecule has 0 aromatic rings. The lowest BCUT2D eigenvalue weighted by atomic mass is 9.85. The van der Waals surface area contributed by atoms with Gasteiger partial charge in [-0.15, -0.1) is 0 Å². The second kappa shape index (κ2) is 3.09. The van der Waals surface area contributed by atoms with E-state index in [1.807, 2.05) is 14.1 Å². The Labute approximate surface area is 68.7 Å². The van der Waals surface area contributed by atoms with Gasteiger partial charge in [-0.05, 0) is 26.9 Å². The summed E-state index contributed by atoms with van der Waals surface area (Å²) in [6.45, 7) is 0. The van der Waals surface area contributed by atoms with Gasteiger partial charge in [0.1, 0.15) is 0 Å². The number of nitrogens with zero attached hydrogens (tertiary/aromatic N) is 1. The number of rotatable bonds is 1. The topological polar surface area (TPSA) is 55.3 Å². The maximum atomic E-state index is 5.96. The molecule has 3 nitrogen and oxygen atoms in total. The number of likely N-dealkylation sites (N-methyl/N-ethyl adjacent to an activating group) is 1. The molecule has 1 aliphatic rings. The van der Waals surface area contributed by atoms with Crippen LogP contribution in [0.4, 0.5) is 0 Å². The monoisotopic (exact) mass is 157 g/mol. The zero-order chi connectivity index (χ0) is 8.48. The first kappa shape index (κ1) is 8.97. The van der Waals surface area contributed by atoms with Crippen molar-refractivity contribution in [1.82, 2.24) is 4.90 Å². The lowest BCUT2D eigenvalue weighted by molar-refractivity contribution is 0.129. The third-order valence-corrected chi connectivity index (χ3v) is 2.58. The molecule has 4 N–H and O–H groups in total. The minimum absolute atomic E-state index is 0.358. The van der Waals surface area contributed by atoms with Gasteiger partial charge in [0.05, 0.1) is 5.66 Å². The van der Waals surface area contributed by atoms with Crippen molar-refractivity contribution in [2.45, 2.75) is 37.4 Å². The molecule has 1 atom stereocenters. The molecular weight excluding hydrogens is 138 g/mol. The molecule has 0 aromatic heterocycles. The van der Waals surface area contributed by atoms with Gasteiger partial charge in [0.25, 0.3) is 0 Å². The van der Waals surface area contributed by atoms with E-state index in [0.29, 0.717) is 6.04 Å². The Bertz CT molecular complexity index is 131. The summed E-state index contributed by atoms with van der Waals surface area (Å²) in [4.78, 5) is 2.14. The van der Waals surface area contributed by atoms with E-state index < -0.39 is 5.66 Å². The molecule has 0 aliphatic heterocycles. The van der Waals surface area contributed by atoms with Gasteiger partial charge in [-0.2, -0.15) is 0 Å². The van der Waals surface area contributed by atoms with Crippen LogP contribution in [0.5, 0.6) is 0 Å². The minimum atomic E-state index is -0.457. The van der Waals surface area contributed by atoms with Gasteiger partial charge in [-0.25, -0.2) is 0 Å². The van der Waals surface area contributed by atoms with Gasteiger partial charge < -0.3 is 16.4 Å². The van der Waals surface area contributed by atoms with Crippen molar-refractivity contribution >= 4 is 0 Å². The Balaban J connectivity index is 2.60. The third kappa shape index (κ3) is 1.92. The second-order valence-corrected chi connectivity index (χ2v) is 3.84. The summed E-state index contributed by atoms with van der Waals surface area (Å²) in [6.07, 6.45) is 4.53. The van der Waals surface area contributed by atoms with E-state index >= 15 is 0 Å². The Morgan fingerprint density at radius 2 is 1.91 bits per heavy atom. The van der Waals surface area contributed by atoms with Crippen LogP contribution >= 0.6 is 0 Å². The molecular formula is C8H19N3. The average molecular weight is 157 g/mol. The Morgan fingerprint density at radius 3 is 2.27 bits per heavy atom. The van der Waals surface area contributed by atoms with Gasteiger partial charge in [0, 0.05) is 6.04 Å². The standard InChI is InChI=1S/C8H19N3/c1-11(2)7-5-3-4-6-8(7,9)10/h7H,3-6,9-10H2,1-2H3. The summed E-state index contributed by atoms with van der Waals surface area (Å²) in [5.41, 5.74) is 11.5. The molecule has 1 fully saturated rings. The van der Waals surface area contributed by atoms with E-state index in [2.05, 4.69) is 4.90 Å². The summed E-state index contributed by atoms with van der Waals surface area (Å²) in [5, 5.41) is 0. The molecule has 1 rings (SSSR count). The van der Waals surface area contributed by atoms with E-state index in [0.717, 1.165) is 12.8 Å². The lowest BCUT2D eigenvalue weighted by Gasteiger charge is -2.41. The van der Waals surface area contributed by atoms with E-state index in [-0.39, 0.29) is 0 Å². The number of hydrogen-bond acceptors (Lipinski definition) is 3. The van der Waals surface area contributed by atoms with E-state index in [1.54, 1.807) is 0 Å². The van der Waals surface area contributed by atoms with Crippen molar-refractivity contribution in [3.05, 3.63) is 0 Å². The molecule has 0 saturated heterocycles. The third-order valence-electron chi connectivity index (χ3n) is 2.58. The highest BCUT2D eigenvalue weighted by Crippen LogP contribution is 2.24. The van der Waals surface area contributed by atoms with Crippen LogP contribution in [0, 0.1) is 0 Å². The quantitative estimate of drug-likeness (QED) is 0.531. The van der Waals surface area contributed by atoms with Crippen molar-refractivity contribution < 1.29 is 0 Å². The zero-order valence-electron chi connectivity index (χ0n) is 7.51. The van der Waals surface area contributed by atoms with E-state index in [9.17, 15) is 0 Å². The zero-order valence-corrected chi connectivity index (χ0v) is 7.51. The molecule has 66 valence electrons. The maximum Gasteiger partial charge on any atom is 0.0796 e. The first-order valence-corrected chi connectivity index (χ1v) is 4.28. The summed E-state index contributed by atoms with van der Waals surface area (Å²) >= 11 is 0. The Hall–Kier alpha value is -0.120. The largest absolute Gasteiger partial charge is 0.312 e. The molecule has 0 spiro atoms. The molecule has 11 heavy (non-hydrogen) atoms. The number of hydrogen-bond donors (Lipinski definition) is 2. The lowest BCUT2D eigenvalue weighted by Crippen LogP contribution is -2.64. The molecule has 1 aliphatic carbocycles. The van der Waals surface area contributed by atoms with Crippen LogP contribution in [-0.2, 0) is 0 Å². The molecule has 1 unspecified atom stereocenters. The van der Waals surface area contributed by atoms with Crippen molar-refractivity contribution in [1.29, 1.82) is 0 Å². The minimum Gasteiger partial charge on any atom is -0.312 e. The second-order valence-electron chi connectivity index (χ2n) is 3.84. The number of nitrogens with two attached hydrogens (primary N) is 2. The summed E-state index contributed by atoms with van der Waals surface area (Å²) in [6, 6.07) is 0.358. The molecule has 0 amide bonds. The fourth-order valence-electron chi connectivity index (χ4n) is 1.94. The first-order valence-electron chi connectivity index (χ1n) is 4.28. The molecule has 3 heteroatoms. The van der Waals surface area contributed by atoms with E-state index in [4.69, 9.17) is 11.5 Å². The van der Waals surface area contributed by atoms with E-state index in [1.165, 1.54) is 12.8 Å². The molecule has 1 saturated carbocycles. The van der Waals surface area contributed by atoms with Gasteiger partial charge >= 0.3 is 0 Å².